The minimum Gasteiger partial charge on any atom is -0.338 e. The molecule has 0 saturated heterocycles. The Labute approximate surface area is 175 Å². The van der Waals surface area contributed by atoms with Crippen molar-refractivity contribution in [3.8, 4) is 11.3 Å². The summed E-state index contributed by atoms with van der Waals surface area (Å²) in [4.78, 5) is 12.5. The van der Waals surface area contributed by atoms with E-state index >= 15 is 0 Å². The number of nitrogens with zero attached hydrogens (tertiary/aromatic N) is 1. The van der Waals surface area contributed by atoms with Crippen molar-refractivity contribution >= 4 is 11.8 Å². The number of amides is 1. The second-order valence-electron chi connectivity index (χ2n) is 7.23. The van der Waals surface area contributed by atoms with E-state index in [1.807, 2.05) is 72.9 Å². The molecule has 3 N–H and O–H groups in total. The first kappa shape index (κ1) is 19.6. The average Bonchev–Trinajstić information content (AvgIpc) is 3.24. The fourth-order valence-corrected chi connectivity index (χ4v) is 3.39. The van der Waals surface area contributed by atoms with Crippen LogP contribution in [0.3, 0.4) is 0 Å². The molecule has 0 radical (unpaired) electrons. The molecular formula is C25H24N3O2+. The zero-order chi connectivity index (χ0) is 20.8. The lowest BCUT2D eigenvalue weighted by atomic mass is 9.99. The first-order chi connectivity index (χ1) is 14.7. The Bertz CT molecular complexity index is 1050. The van der Waals surface area contributed by atoms with Gasteiger partial charge in [-0.05, 0) is 6.92 Å². The topological polar surface area (TPSA) is 71.7 Å². The molecule has 4 aromatic rings. The second-order valence-corrected chi connectivity index (χ2v) is 7.23. The number of benzene rings is 3. The monoisotopic (exact) mass is 398 g/mol. The Morgan fingerprint density at radius 3 is 2.13 bits per heavy atom. The molecule has 0 bridgehead atoms. The number of nitrogens with one attached hydrogen (secondary N) is 1. The maximum atomic E-state index is 12.5. The summed E-state index contributed by atoms with van der Waals surface area (Å²) in [7, 11) is 0. The van der Waals surface area contributed by atoms with Gasteiger partial charge in [0.15, 0.2) is 6.54 Å². The highest BCUT2D eigenvalue weighted by molar-refractivity contribution is 5.90. The van der Waals surface area contributed by atoms with Crippen molar-refractivity contribution in [2.24, 2.45) is 0 Å². The first-order valence-electron chi connectivity index (χ1n) is 9.96. The van der Waals surface area contributed by atoms with Crippen LogP contribution in [0, 0.1) is 6.92 Å². The number of quaternary nitrogens is 1. The molecule has 0 atom stereocenters. The van der Waals surface area contributed by atoms with Crippen LogP contribution in [0.1, 0.15) is 22.7 Å². The number of nitrogens with two attached hydrogens (primary N) is 1. The van der Waals surface area contributed by atoms with Crippen LogP contribution < -0.4 is 10.6 Å². The third-order valence-corrected chi connectivity index (χ3v) is 4.98. The molecule has 4 rings (SSSR count). The van der Waals surface area contributed by atoms with Crippen LogP contribution in [0.2, 0.25) is 0 Å². The van der Waals surface area contributed by atoms with Gasteiger partial charge in [-0.3, -0.25) is 10.1 Å². The summed E-state index contributed by atoms with van der Waals surface area (Å²) in [6, 6.07) is 30.1. The molecule has 0 aliphatic heterocycles. The number of hydrogen-bond acceptors (Lipinski definition) is 3. The van der Waals surface area contributed by atoms with Crippen molar-refractivity contribution < 1.29 is 14.6 Å². The maximum absolute atomic E-state index is 12.5. The Morgan fingerprint density at radius 2 is 1.53 bits per heavy atom. The molecule has 0 aliphatic rings. The van der Waals surface area contributed by atoms with Crippen molar-refractivity contribution in [3.05, 3.63) is 108 Å². The fourth-order valence-electron chi connectivity index (χ4n) is 3.39. The SMILES string of the molecule is Cc1ccc(-c2cc(NC(=O)C[NH2+]C(c3ccccc3)c3ccccc3)on2)cc1. The summed E-state index contributed by atoms with van der Waals surface area (Å²) in [5, 5.41) is 8.89. The molecule has 0 fully saturated rings. The van der Waals surface area contributed by atoms with Crippen LogP contribution in [-0.2, 0) is 4.79 Å². The van der Waals surface area contributed by atoms with Crippen LogP contribution in [0.5, 0.6) is 0 Å². The van der Waals surface area contributed by atoms with Crippen molar-refractivity contribution in [2.75, 3.05) is 11.9 Å². The van der Waals surface area contributed by atoms with Gasteiger partial charge in [0.05, 0.1) is 0 Å². The molecule has 1 heterocycles. The van der Waals surface area contributed by atoms with E-state index in [2.05, 4.69) is 34.7 Å². The molecule has 3 aromatic carbocycles. The lowest BCUT2D eigenvalue weighted by Gasteiger charge is -2.16. The number of carbonyl (C=O) groups is 1. The molecule has 0 saturated carbocycles. The van der Waals surface area contributed by atoms with Crippen molar-refractivity contribution in [2.45, 2.75) is 13.0 Å². The van der Waals surface area contributed by atoms with Gasteiger partial charge in [-0.15, -0.1) is 0 Å². The Hall–Kier alpha value is -3.70. The van der Waals surface area contributed by atoms with Gasteiger partial charge >= 0.3 is 0 Å². The van der Waals surface area contributed by atoms with Crippen LogP contribution in [-0.4, -0.2) is 17.6 Å². The first-order valence-corrected chi connectivity index (χ1v) is 9.96. The molecule has 5 heteroatoms. The van der Waals surface area contributed by atoms with Gasteiger partial charge in [0.1, 0.15) is 11.7 Å². The molecule has 0 spiro atoms. The number of hydrogen-bond donors (Lipinski definition) is 2. The molecule has 5 nitrogen and oxygen atoms in total. The van der Waals surface area contributed by atoms with E-state index in [-0.39, 0.29) is 18.5 Å². The Morgan fingerprint density at radius 1 is 0.933 bits per heavy atom. The van der Waals surface area contributed by atoms with Crippen molar-refractivity contribution in [3.63, 3.8) is 0 Å². The number of carbonyl (C=O) groups excluding carboxylic acids is 1. The van der Waals surface area contributed by atoms with Crippen LogP contribution in [0.25, 0.3) is 11.3 Å². The average molecular weight is 398 g/mol. The van der Waals surface area contributed by atoms with E-state index in [0.29, 0.717) is 11.6 Å². The maximum Gasteiger partial charge on any atom is 0.281 e. The molecule has 1 aromatic heterocycles. The smallest absolute Gasteiger partial charge is 0.281 e. The Balaban J connectivity index is 1.41. The van der Waals surface area contributed by atoms with Crippen LogP contribution in [0.15, 0.2) is 95.5 Å². The summed E-state index contributed by atoms with van der Waals surface area (Å²) >= 11 is 0. The highest BCUT2D eigenvalue weighted by Gasteiger charge is 2.19. The van der Waals surface area contributed by atoms with Crippen LogP contribution in [0.4, 0.5) is 5.88 Å². The van der Waals surface area contributed by atoms with Gasteiger partial charge in [-0.25, -0.2) is 0 Å². The quantitative estimate of drug-likeness (QED) is 0.495. The summed E-state index contributed by atoms with van der Waals surface area (Å²) in [6.07, 6.45) is 0. The van der Waals surface area contributed by atoms with E-state index in [9.17, 15) is 4.79 Å². The second kappa shape index (κ2) is 9.20. The molecule has 0 aliphatic carbocycles. The number of rotatable bonds is 7. The molecule has 0 unspecified atom stereocenters. The van der Waals surface area contributed by atoms with Gasteiger partial charge in [0.25, 0.3) is 5.91 Å². The van der Waals surface area contributed by atoms with E-state index in [0.717, 1.165) is 16.7 Å². The zero-order valence-electron chi connectivity index (χ0n) is 16.8. The van der Waals surface area contributed by atoms with E-state index in [1.54, 1.807) is 6.07 Å². The van der Waals surface area contributed by atoms with E-state index in [1.165, 1.54) is 5.56 Å². The van der Waals surface area contributed by atoms with Crippen molar-refractivity contribution in [1.29, 1.82) is 0 Å². The number of anilines is 1. The van der Waals surface area contributed by atoms with E-state index in [4.69, 9.17) is 4.52 Å². The lowest BCUT2D eigenvalue weighted by molar-refractivity contribution is -0.676. The highest BCUT2D eigenvalue weighted by Crippen LogP contribution is 2.22. The predicted octanol–water partition coefficient (Wildman–Crippen LogP) is 3.94. The van der Waals surface area contributed by atoms with Gasteiger partial charge in [0.2, 0.25) is 5.88 Å². The van der Waals surface area contributed by atoms with Gasteiger partial charge in [-0.1, -0.05) is 95.6 Å². The highest BCUT2D eigenvalue weighted by atomic mass is 16.5. The van der Waals surface area contributed by atoms with Gasteiger partial charge in [-0.2, -0.15) is 0 Å². The minimum absolute atomic E-state index is 0.0380. The molecular weight excluding hydrogens is 374 g/mol. The summed E-state index contributed by atoms with van der Waals surface area (Å²) in [5.74, 6) is 0.207. The largest absolute Gasteiger partial charge is 0.338 e. The number of aryl methyl sites for hydroxylation is 1. The minimum atomic E-state index is -0.140. The lowest BCUT2D eigenvalue weighted by Crippen LogP contribution is -2.87. The third kappa shape index (κ3) is 4.82. The molecule has 150 valence electrons. The van der Waals surface area contributed by atoms with Gasteiger partial charge < -0.3 is 9.84 Å². The van der Waals surface area contributed by atoms with Crippen molar-refractivity contribution in [1.82, 2.24) is 5.16 Å². The Kier molecular flexibility index (Phi) is 6.01. The summed E-state index contributed by atoms with van der Waals surface area (Å²) in [6.45, 7) is 2.29. The summed E-state index contributed by atoms with van der Waals surface area (Å²) < 4.78 is 5.30. The fraction of sp³-hybridized carbons (Fsp3) is 0.120. The third-order valence-electron chi connectivity index (χ3n) is 4.98. The molecule has 30 heavy (non-hydrogen) atoms. The zero-order valence-corrected chi connectivity index (χ0v) is 16.8. The standard InChI is InChI=1S/C25H23N3O2/c1-18-12-14-19(15-13-18)22-16-24(30-28-22)27-23(29)17-26-25(20-8-4-2-5-9-20)21-10-6-3-7-11-21/h2-16,25-26H,17H2,1H3,(H,27,29)/p+1. The van der Waals surface area contributed by atoms with Crippen LogP contribution >= 0.6 is 0 Å². The van der Waals surface area contributed by atoms with Gasteiger partial charge in [0, 0.05) is 22.8 Å². The summed E-state index contributed by atoms with van der Waals surface area (Å²) in [5.41, 5.74) is 5.12. The predicted molar refractivity (Wildman–Crippen MR) is 117 cm³/mol. The molecule has 1 amide bonds. The van der Waals surface area contributed by atoms with E-state index < -0.39 is 0 Å². The normalized spacial score (nSPS) is 10.9. The number of aromatic nitrogens is 1.